The van der Waals surface area contributed by atoms with Crippen LogP contribution >= 0.6 is 0 Å². The largest absolute Gasteiger partial charge is 0.325 e. The van der Waals surface area contributed by atoms with Crippen molar-refractivity contribution in [3.63, 3.8) is 0 Å². The van der Waals surface area contributed by atoms with Crippen LogP contribution in [0.3, 0.4) is 0 Å². The van der Waals surface area contributed by atoms with Gasteiger partial charge in [-0.05, 0) is 37.5 Å². The van der Waals surface area contributed by atoms with Crippen molar-refractivity contribution in [3.05, 3.63) is 0 Å². The minimum atomic E-state index is 0.314. The van der Waals surface area contributed by atoms with Gasteiger partial charge in [0.2, 0.25) is 0 Å². The summed E-state index contributed by atoms with van der Waals surface area (Å²) < 4.78 is 0. The first kappa shape index (κ1) is 7.60. The molecular weight excluding hydrogens is 134 g/mol. The molecule has 2 atom stereocenters. The second-order valence-corrected chi connectivity index (χ2v) is 4.43. The Morgan fingerprint density at radius 2 is 2.18 bits per heavy atom. The maximum absolute atomic E-state index is 6.28. The summed E-state index contributed by atoms with van der Waals surface area (Å²) in [5, 5.41) is 0. The Balaban J connectivity index is 1.84. The quantitative estimate of drug-likeness (QED) is 0.661. The summed E-state index contributed by atoms with van der Waals surface area (Å²) in [6, 6.07) is 0. The van der Waals surface area contributed by atoms with E-state index in [0.29, 0.717) is 5.54 Å². The highest BCUT2D eigenvalue weighted by atomic mass is 14.9. The van der Waals surface area contributed by atoms with Crippen molar-refractivity contribution in [2.24, 2.45) is 17.6 Å². The molecular formula is C10H19N. The van der Waals surface area contributed by atoms with Gasteiger partial charge in [0.15, 0.2) is 0 Å². The third kappa shape index (κ3) is 1.10. The Hall–Kier alpha value is -0.0400. The molecule has 11 heavy (non-hydrogen) atoms. The number of hydrogen-bond donors (Lipinski definition) is 1. The normalized spacial score (nSPS) is 43.6. The van der Waals surface area contributed by atoms with Crippen molar-refractivity contribution in [2.45, 2.75) is 51.0 Å². The van der Waals surface area contributed by atoms with E-state index in [9.17, 15) is 0 Å². The second kappa shape index (κ2) is 2.48. The van der Waals surface area contributed by atoms with E-state index < -0.39 is 0 Å². The second-order valence-electron chi connectivity index (χ2n) is 4.43. The van der Waals surface area contributed by atoms with E-state index in [-0.39, 0.29) is 0 Å². The average molecular weight is 153 g/mol. The molecule has 0 aromatic heterocycles. The molecule has 0 saturated heterocycles. The van der Waals surface area contributed by atoms with Gasteiger partial charge < -0.3 is 5.73 Å². The van der Waals surface area contributed by atoms with Gasteiger partial charge in [-0.3, -0.25) is 0 Å². The minimum absolute atomic E-state index is 0.314. The maximum Gasteiger partial charge on any atom is 0.0215 e. The zero-order valence-electron chi connectivity index (χ0n) is 7.47. The Morgan fingerprint density at radius 3 is 2.64 bits per heavy atom. The van der Waals surface area contributed by atoms with Crippen LogP contribution in [-0.4, -0.2) is 5.54 Å². The van der Waals surface area contributed by atoms with E-state index in [1.165, 1.54) is 38.5 Å². The number of rotatable bonds is 3. The fraction of sp³-hybridized carbons (Fsp3) is 1.00. The summed E-state index contributed by atoms with van der Waals surface area (Å²) in [5.41, 5.74) is 6.60. The van der Waals surface area contributed by atoms with E-state index in [1.807, 2.05) is 0 Å². The lowest BCUT2D eigenvalue weighted by atomic mass is 9.77. The van der Waals surface area contributed by atoms with Gasteiger partial charge in [-0.1, -0.05) is 19.8 Å². The third-order valence-electron chi connectivity index (χ3n) is 3.70. The summed E-state index contributed by atoms with van der Waals surface area (Å²) >= 11 is 0. The van der Waals surface area contributed by atoms with Crippen molar-refractivity contribution in [2.75, 3.05) is 0 Å². The molecule has 2 rings (SSSR count). The van der Waals surface area contributed by atoms with Crippen LogP contribution in [-0.2, 0) is 0 Å². The Bertz CT molecular complexity index is 151. The Labute approximate surface area is 69.4 Å². The van der Waals surface area contributed by atoms with Crippen LogP contribution in [0.2, 0.25) is 0 Å². The van der Waals surface area contributed by atoms with E-state index in [4.69, 9.17) is 5.73 Å². The van der Waals surface area contributed by atoms with Crippen LogP contribution in [0.15, 0.2) is 0 Å². The topological polar surface area (TPSA) is 26.0 Å². The maximum atomic E-state index is 6.28. The molecule has 1 heteroatoms. The van der Waals surface area contributed by atoms with Gasteiger partial charge in [0.05, 0.1) is 0 Å². The number of hydrogen-bond acceptors (Lipinski definition) is 1. The van der Waals surface area contributed by atoms with Crippen LogP contribution in [0.1, 0.15) is 45.4 Å². The molecule has 1 nitrogen and oxygen atoms in total. The lowest BCUT2D eigenvalue weighted by Crippen LogP contribution is -2.38. The SMILES string of the molecule is CCCC1CC1(N)C1CCC1. The third-order valence-corrected chi connectivity index (χ3v) is 3.70. The van der Waals surface area contributed by atoms with Crippen LogP contribution in [0.25, 0.3) is 0 Å². The van der Waals surface area contributed by atoms with Crippen LogP contribution in [0.4, 0.5) is 0 Å². The summed E-state index contributed by atoms with van der Waals surface area (Å²) in [5.74, 6) is 1.79. The van der Waals surface area contributed by atoms with Gasteiger partial charge >= 0.3 is 0 Å². The highest BCUT2D eigenvalue weighted by Gasteiger charge is 2.56. The van der Waals surface area contributed by atoms with Gasteiger partial charge in [0.25, 0.3) is 0 Å². The summed E-state index contributed by atoms with van der Waals surface area (Å²) in [6.07, 6.45) is 8.27. The van der Waals surface area contributed by atoms with E-state index >= 15 is 0 Å². The van der Waals surface area contributed by atoms with Crippen LogP contribution in [0.5, 0.6) is 0 Å². The van der Waals surface area contributed by atoms with Gasteiger partial charge in [-0.2, -0.15) is 0 Å². The molecule has 0 spiro atoms. The number of nitrogens with two attached hydrogens (primary N) is 1. The molecule has 0 amide bonds. The lowest BCUT2D eigenvalue weighted by molar-refractivity contribution is 0.231. The van der Waals surface area contributed by atoms with Crippen LogP contribution < -0.4 is 5.73 Å². The summed E-state index contributed by atoms with van der Waals surface area (Å²) in [7, 11) is 0. The van der Waals surface area contributed by atoms with Crippen molar-refractivity contribution < 1.29 is 0 Å². The van der Waals surface area contributed by atoms with E-state index in [0.717, 1.165) is 11.8 Å². The molecule has 0 bridgehead atoms. The molecule has 0 aromatic rings. The molecule has 2 unspecified atom stereocenters. The predicted molar refractivity (Wildman–Crippen MR) is 47.3 cm³/mol. The molecule has 0 radical (unpaired) electrons. The molecule has 0 aliphatic heterocycles. The fourth-order valence-electron chi connectivity index (χ4n) is 2.53. The highest BCUT2D eigenvalue weighted by Crippen LogP contribution is 2.55. The van der Waals surface area contributed by atoms with Crippen molar-refractivity contribution >= 4 is 0 Å². The summed E-state index contributed by atoms with van der Waals surface area (Å²) in [4.78, 5) is 0. The van der Waals surface area contributed by atoms with Gasteiger partial charge in [0.1, 0.15) is 0 Å². The van der Waals surface area contributed by atoms with E-state index in [2.05, 4.69) is 6.92 Å². The van der Waals surface area contributed by atoms with Crippen LogP contribution in [0, 0.1) is 11.8 Å². The molecule has 2 saturated carbocycles. The van der Waals surface area contributed by atoms with Gasteiger partial charge in [-0.15, -0.1) is 0 Å². The molecule has 2 fully saturated rings. The highest BCUT2D eigenvalue weighted by molar-refractivity contribution is 5.12. The first-order valence-corrected chi connectivity index (χ1v) is 5.06. The smallest absolute Gasteiger partial charge is 0.0215 e. The average Bonchev–Trinajstić information content (AvgIpc) is 2.38. The zero-order valence-corrected chi connectivity index (χ0v) is 7.47. The molecule has 2 aliphatic rings. The monoisotopic (exact) mass is 153 g/mol. The van der Waals surface area contributed by atoms with Crippen molar-refractivity contribution in [3.8, 4) is 0 Å². The standard InChI is InChI=1S/C10H19N/c1-2-4-9-7-10(9,11)8-5-3-6-8/h8-9H,2-7,11H2,1H3. The van der Waals surface area contributed by atoms with Crippen molar-refractivity contribution in [1.29, 1.82) is 0 Å². The first-order chi connectivity index (χ1) is 5.27. The van der Waals surface area contributed by atoms with E-state index in [1.54, 1.807) is 0 Å². The summed E-state index contributed by atoms with van der Waals surface area (Å²) in [6.45, 7) is 2.26. The molecule has 0 heterocycles. The zero-order chi connectivity index (χ0) is 7.90. The molecule has 0 aromatic carbocycles. The van der Waals surface area contributed by atoms with Crippen molar-refractivity contribution in [1.82, 2.24) is 0 Å². The van der Waals surface area contributed by atoms with Gasteiger partial charge in [0, 0.05) is 5.54 Å². The lowest BCUT2D eigenvalue weighted by Gasteiger charge is -2.32. The molecule has 2 aliphatic carbocycles. The molecule has 64 valence electrons. The Kier molecular flexibility index (Phi) is 1.71. The predicted octanol–water partition coefficient (Wildman–Crippen LogP) is 2.30. The first-order valence-electron chi connectivity index (χ1n) is 5.06. The van der Waals surface area contributed by atoms with Gasteiger partial charge in [-0.25, -0.2) is 0 Å². The fourth-order valence-corrected chi connectivity index (χ4v) is 2.53. The molecule has 2 N–H and O–H groups in total. The Morgan fingerprint density at radius 1 is 1.45 bits per heavy atom. The minimum Gasteiger partial charge on any atom is -0.325 e.